The molecule has 0 radical (unpaired) electrons. The van der Waals surface area contributed by atoms with Crippen LogP contribution in [0.3, 0.4) is 0 Å². The number of piperidine rings is 1. The van der Waals surface area contributed by atoms with Crippen molar-refractivity contribution in [1.82, 2.24) is 24.4 Å². The van der Waals surface area contributed by atoms with E-state index >= 15 is 0 Å². The molecule has 0 unspecified atom stereocenters. The molecule has 4 rings (SSSR count). The first-order chi connectivity index (χ1) is 12.2. The first-order valence-electron chi connectivity index (χ1n) is 8.98. The molecular formula is C18H24N6O. The summed E-state index contributed by atoms with van der Waals surface area (Å²) in [5, 5.41) is 0. The summed E-state index contributed by atoms with van der Waals surface area (Å²) in [6.45, 7) is 2.68. The highest BCUT2D eigenvalue weighted by molar-refractivity contribution is 5.41. The van der Waals surface area contributed by atoms with Crippen LogP contribution in [0.1, 0.15) is 31.2 Å². The van der Waals surface area contributed by atoms with Gasteiger partial charge in [0.1, 0.15) is 12.1 Å². The van der Waals surface area contributed by atoms with Crippen molar-refractivity contribution in [2.24, 2.45) is 7.05 Å². The predicted molar refractivity (Wildman–Crippen MR) is 95.3 cm³/mol. The standard InChI is InChI=1S/C18H24N6O/c1-22-13-20-10-14(18(22)25)11-23-8-5-16(6-9-23)24(15-2-3-15)17-4-7-19-12-21-17/h4,7,10,12-13,15-16H,2-3,5-6,8-9,11H2,1H3. The van der Waals surface area contributed by atoms with Gasteiger partial charge in [0.2, 0.25) is 0 Å². The molecule has 0 amide bonds. The zero-order valence-electron chi connectivity index (χ0n) is 14.6. The van der Waals surface area contributed by atoms with Gasteiger partial charge in [0.05, 0.1) is 6.33 Å². The molecule has 3 heterocycles. The maximum absolute atomic E-state index is 12.2. The van der Waals surface area contributed by atoms with Crippen LogP contribution in [0, 0.1) is 0 Å². The monoisotopic (exact) mass is 340 g/mol. The molecule has 0 atom stereocenters. The lowest BCUT2D eigenvalue weighted by Gasteiger charge is -2.39. The lowest BCUT2D eigenvalue weighted by Crippen LogP contribution is -2.46. The average Bonchev–Trinajstić information content (AvgIpc) is 3.47. The molecule has 2 aromatic rings. The quantitative estimate of drug-likeness (QED) is 0.815. The van der Waals surface area contributed by atoms with E-state index in [9.17, 15) is 4.79 Å². The Bertz CT molecular complexity index is 765. The fourth-order valence-electron chi connectivity index (χ4n) is 3.72. The molecule has 1 aliphatic carbocycles. The highest BCUT2D eigenvalue weighted by atomic mass is 16.1. The van der Waals surface area contributed by atoms with Crippen molar-refractivity contribution in [2.75, 3.05) is 18.0 Å². The molecule has 2 aromatic heterocycles. The number of rotatable bonds is 5. The van der Waals surface area contributed by atoms with Crippen LogP contribution in [0.15, 0.2) is 35.9 Å². The zero-order chi connectivity index (χ0) is 17.2. The maximum Gasteiger partial charge on any atom is 0.257 e. The minimum absolute atomic E-state index is 0.0534. The summed E-state index contributed by atoms with van der Waals surface area (Å²) in [5.41, 5.74) is 0.830. The van der Waals surface area contributed by atoms with Crippen LogP contribution >= 0.6 is 0 Å². The second kappa shape index (κ2) is 6.92. The molecule has 132 valence electrons. The van der Waals surface area contributed by atoms with Gasteiger partial charge in [-0.25, -0.2) is 15.0 Å². The summed E-state index contributed by atoms with van der Waals surface area (Å²) in [5.74, 6) is 1.05. The first kappa shape index (κ1) is 16.2. The van der Waals surface area contributed by atoms with Crippen molar-refractivity contribution in [3.8, 4) is 0 Å². The van der Waals surface area contributed by atoms with Crippen molar-refractivity contribution >= 4 is 5.82 Å². The topological polar surface area (TPSA) is 67.2 Å². The molecule has 2 aliphatic rings. The first-order valence-corrected chi connectivity index (χ1v) is 8.98. The van der Waals surface area contributed by atoms with E-state index < -0.39 is 0 Å². The molecular weight excluding hydrogens is 316 g/mol. The summed E-state index contributed by atoms with van der Waals surface area (Å²) in [4.78, 5) is 29.7. The number of hydrogen-bond donors (Lipinski definition) is 0. The van der Waals surface area contributed by atoms with E-state index in [1.807, 2.05) is 12.3 Å². The van der Waals surface area contributed by atoms with E-state index in [1.54, 1.807) is 30.5 Å². The van der Waals surface area contributed by atoms with Crippen LogP contribution in [-0.2, 0) is 13.6 Å². The molecule has 0 bridgehead atoms. The molecule has 0 aromatic carbocycles. The van der Waals surface area contributed by atoms with Gasteiger partial charge in [-0.3, -0.25) is 9.69 Å². The van der Waals surface area contributed by atoms with E-state index in [2.05, 4.69) is 24.8 Å². The fraction of sp³-hybridized carbons (Fsp3) is 0.556. The Morgan fingerprint density at radius 2 is 1.92 bits per heavy atom. The van der Waals surface area contributed by atoms with Crippen molar-refractivity contribution < 1.29 is 0 Å². The number of likely N-dealkylation sites (tertiary alicyclic amines) is 1. The number of aryl methyl sites for hydroxylation is 1. The van der Waals surface area contributed by atoms with Gasteiger partial charge in [0, 0.05) is 56.7 Å². The highest BCUT2D eigenvalue weighted by Crippen LogP contribution is 2.35. The SMILES string of the molecule is Cn1cncc(CN2CCC(N(c3ccncn3)C3CC3)CC2)c1=O. The summed E-state index contributed by atoms with van der Waals surface area (Å²) in [6, 6.07) is 3.18. The van der Waals surface area contributed by atoms with Crippen molar-refractivity contribution in [3.05, 3.63) is 47.0 Å². The molecule has 1 saturated carbocycles. The van der Waals surface area contributed by atoms with Crippen LogP contribution in [0.5, 0.6) is 0 Å². The molecule has 2 fully saturated rings. The average molecular weight is 340 g/mol. The molecule has 25 heavy (non-hydrogen) atoms. The molecule has 1 saturated heterocycles. The van der Waals surface area contributed by atoms with E-state index in [1.165, 1.54) is 12.8 Å². The Kier molecular flexibility index (Phi) is 4.48. The lowest BCUT2D eigenvalue weighted by atomic mass is 10.0. The van der Waals surface area contributed by atoms with Gasteiger partial charge < -0.3 is 9.47 Å². The van der Waals surface area contributed by atoms with E-state index in [0.717, 1.165) is 37.3 Å². The minimum atomic E-state index is 0.0534. The second-order valence-corrected chi connectivity index (χ2v) is 7.05. The largest absolute Gasteiger partial charge is 0.350 e. The van der Waals surface area contributed by atoms with Crippen molar-refractivity contribution in [1.29, 1.82) is 0 Å². The molecule has 0 N–H and O–H groups in total. The summed E-state index contributed by atoms with van der Waals surface area (Å²) in [7, 11) is 1.75. The van der Waals surface area contributed by atoms with E-state index in [-0.39, 0.29) is 5.56 Å². The predicted octanol–water partition coefficient (Wildman–Crippen LogP) is 1.20. The Hall–Kier alpha value is -2.28. The Balaban J connectivity index is 1.41. The van der Waals surface area contributed by atoms with E-state index in [0.29, 0.717) is 18.6 Å². The molecule has 1 aliphatic heterocycles. The fourth-order valence-corrected chi connectivity index (χ4v) is 3.72. The smallest absolute Gasteiger partial charge is 0.257 e. The summed E-state index contributed by atoms with van der Waals surface area (Å²) >= 11 is 0. The van der Waals surface area contributed by atoms with Gasteiger partial charge in [-0.15, -0.1) is 0 Å². The summed E-state index contributed by atoms with van der Waals surface area (Å²) in [6.07, 6.45) is 11.4. The van der Waals surface area contributed by atoms with Crippen LogP contribution in [0.25, 0.3) is 0 Å². The van der Waals surface area contributed by atoms with Gasteiger partial charge in [0.25, 0.3) is 5.56 Å². The van der Waals surface area contributed by atoms with Gasteiger partial charge in [-0.05, 0) is 31.7 Å². The molecule has 0 spiro atoms. The van der Waals surface area contributed by atoms with Crippen molar-refractivity contribution in [2.45, 2.75) is 44.3 Å². The van der Waals surface area contributed by atoms with Crippen LogP contribution < -0.4 is 10.5 Å². The molecule has 7 nitrogen and oxygen atoms in total. The highest BCUT2D eigenvalue weighted by Gasteiger charge is 2.36. The Morgan fingerprint density at radius 1 is 1.16 bits per heavy atom. The van der Waals surface area contributed by atoms with Gasteiger partial charge in [-0.1, -0.05) is 0 Å². The lowest BCUT2D eigenvalue weighted by molar-refractivity contribution is 0.199. The minimum Gasteiger partial charge on any atom is -0.350 e. The van der Waals surface area contributed by atoms with Gasteiger partial charge in [-0.2, -0.15) is 0 Å². The maximum atomic E-state index is 12.2. The number of hydrogen-bond acceptors (Lipinski definition) is 6. The zero-order valence-corrected chi connectivity index (χ0v) is 14.6. The van der Waals surface area contributed by atoms with Crippen LogP contribution in [-0.4, -0.2) is 49.6 Å². The number of nitrogens with zero attached hydrogens (tertiary/aromatic N) is 6. The molecule has 7 heteroatoms. The van der Waals surface area contributed by atoms with Crippen LogP contribution in [0.4, 0.5) is 5.82 Å². The number of aromatic nitrogens is 4. The Morgan fingerprint density at radius 3 is 2.60 bits per heavy atom. The number of anilines is 1. The third-order valence-electron chi connectivity index (χ3n) is 5.18. The van der Waals surface area contributed by atoms with Gasteiger partial charge in [0.15, 0.2) is 0 Å². The normalized spacial score (nSPS) is 19.1. The Labute approximate surface area is 147 Å². The van der Waals surface area contributed by atoms with Crippen LogP contribution in [0.2, 0.25) is 0 Å². The third kappa shape index (κ3) is 3.56. The van der Waals surface area contributed by atoms with E-state index in [4.69, 9.17) is 0 Å². The third-order valence-corrected chi connectivity index (χ3v) is 5.18. The second-order valence-electron chi connectivity index (χ2n) is 7.05. The summed E-state index contributed by atoms with van der Waals surface area (Å²) < 4.78 is 1.55. The van der Waals surface area contributed by atoms with Gasteiger partial charge >= 0.3 is 0 Å². The van der Waals surface area contributed by atoms with Crippen molar-refractivity contribution in [3.63, 3.8) is 0 Å².